The maximum Gasteiger partial charge on any atom is 0.339 e. The van der Waals surface area contributed by atoms with E-state index in [1.165, 1.54) is 55.3 Å². The summed E-state index contributed by atoms with van der Waals surface area (Å²) in [5.74, 6) is -3.05. The number of rotatable bonds is 11. The first-order valence-corrected chi connectivity index (χ1v) is 14.3. The molecule has 12 heteroatoms. The van der Waals surface area contributed by atoms with Crippen molar-refractivity contribution in [2.45, 2.75) is 17.1 Å². The molecule has 1 unspecified atom stereocenters. The molecule has 1 atom stereocenters. The normalized spacial score (nSPS) is 11.6. The predicted octanol–water partition coefficient (Wildman–Crippen LogP) is 5.33. The predicted molar refractivity (Wildman–Crippen MR) is 171 cm³/mol. The van der Waals surface area contributed by atoms with Gasteiger partial charge in [0.2, 0.25) is 5.91 Å². The number of benzene rings is 4. The maximum atomic E-state index is 13.5. The third-order valence-electron chi connectivity index (χ3n) is 6.31. The second-order valence-electron chi connectivity index (χ2n) is 9.57. The molecule has 45 heavy (non-hydrogen) atoms. The number of ether oxygens (including phenoxy) is 1. The number of carboxylic acid groups (broad SMARTS) is 1. The van der Waals surface area contributed by atoms with Crippen LogP contribution in [0.5, 0.6) is 17.2 Å². The first kappa shape index (κ1) is 32.2. The van der Waals surface area contributed by atoms with Crippen LogP contribution in [0.2, 0.25) is 0 Å². The first-order valence-electron chi connectivity index (χ1n) is 13.4. The molecule has 0 aromatic heterocycles. The Kier molecular flexibility index (Phi) is 10.5. The highest BCUT2D eigenvalue weighted by molar-refractivity contribution is 8.00. The SMILES string of the molecule is COc1cc(O)ccc1/C=C(/NC(=O)c1ccccc1)C(=O)Nc1cccc(SC(C)C(=O)Nc2ccc(O)c(C(=O)O)c2)c1. The van der Waals surface area contributed by atoms with Crippen molar-refractivity contribution in [3.8, 4) is 17.2 Å². The summed E-state index contributed by atoms with van der Waals surface area (Å²) in [6.07, 6.45) is 1.43. The number of hydrogen-bond acceptors (Lipinski definition) is 8. The number of aromatic carboxylic acids is 1. The van der Waals surface area contributed by atoms with Gasteiger partial charge in [-0.1, -0.05) is 24.3 Å². The van der Waals surface area contributed by atoms with Gasteiger partial charge in [-0.2, -0.15) is 0 Å². The molecule has 0 saturated carbocycles. The standard InChI is InChI=1S/C33H29N3O8S/c1-19(30(39)34-23-12-14-28(38)26(17-23)33(42)43)45-25-10-6-9-22(16-25)35-32(41)27(36-31(40)20-7-4-3-5-8-20)15-21-11-13-24(37)18-29(21)44-2/h3-19,37-38H,1-2H3,(H,34,39)(H,35,41)(H,36,40)(H,42,43)/b27-15+. The van der Waals surface area contributed by atoms with E-state index in [9.17, 15) is 34.5 Å². The summed E-state index contributed by atoms with van der Waals surface area (Å²) in [4.78, 5) is 51.2. The first-order chi connectivity index (χ1) is 21.5. The van der Waals surface area contributed by atoms with E-state index in [2.05, 4.69) is 16.0 Å². The van der Waals surface area contributed by atoms with Crippen molar-refractivity contribution in [2.75, 3.05) is 17.7 Å². The molecule has 11 nitrogen and oxygen atoms in total. The summed E-state index contributed by atoms with van der Waals surface area (Å²) in [6, 6.07) is 23.2. The average Bonchev–Trinajstić information content (AvgIpc) is 3.02. The third kappa shape index (κ3) is 8.65. The van der Waals surface area contributed by atoms with Gasteiger partial charge < -0.3 is 36.0 Å². The van der Waals surface area contributed by atoms with Crippen LogP contribution < -0.4 is 20.7 Å². The van der Waals surface area contributed by atoms with Crippen LogP contribution in [0.1, 0.15) is 33.2 Å². The van der Waals surface area contributed by atoms with Crippen molar-refractivity contribution in [3.63, 3.8) is 0 Å². The van der Waals surface area contributed by atoms with E-state index in [0.29, 0.717) is 21.7 Å². The Morgan fingerprint density at radius 3 is 2.29 bits per heavy atom. The Labute approximate surface area is 262 Å². The summed E-state index contributed by atoms with van der Waals surface area (Å²) >= 11 is 1.20. The van der Waals surface area contributed by atoms with Gasteiger partial charge in [0.15, 0.2) is 0 Å². The lowest BCUT2D eigenvalue weighted by atomic mass is 10.1. The van der Waals surface area contributed by atoms with Crippen LogP contribution >= 0.6 is 11.8 Å². The minimum Gasteiger partial charge on any atom is -0.508 e. The van der Waals surface area contributed by atoms with Gasteiger partial charge >= 0.3 is 5.97 Å². The molecule has 4 aromatic rings. The van der Waals surface area contributed by atoms with Crippen molar-refractivity contribution < 1.29 is 39.2 Å². The molecule has 4 rings (SSSR count). The van der Waals surface area contributed by atoms with Gasteiger partial charge in [-0.15, -0.1) is 11.8 Å². The molecule has 0 aliphatic rings. The zero-order valence-electron chi connectivity index (χ0n) is 24.1. The Balaban J connectivity index is 1.51. The highest BCUT2D eigenvalue weighted by atomic mass is 32.2. The second kappa shape index (κ2) is 14.6. The number of amides is 3. The quantitative estimate of drug-likeness (QED) is 0.0729. The summed E-state index contributed by atoms with van der Waals surface area (Å²) in [5, 5.41) is 36.2. The lowest BCUT2D eigenvalue weighted by Gasteiger charge is -2.15. The highest BCUT2D eigenvalue weighted by Gasteiger charge is 2.19. The third-order valence-corrected chi connectivity index (χ3v) is 7.41. The lowest BCUT2D eigenvalue weighted by Crippen LogP contribution is -2.30. The minimum atomic E-state index is -1.33. The minimum absolute atomic E-state index is 0.0337. The van der Waals surface area contributed by atoms with Crippen LogP contribution in [0.3, 0.4) is 0 Å². The van der Waals surface area contributed by atoms with Crippen molar-refractivity contribution in [2.24, 2.45) is 0 Å². The molecule has 0 spiro atoms. The van der Waals surface area contributed by atoms with Crippen molar-refractivity contribution in [1.82, 2.24) is 5.32 Å². The van der Waals surface area contributed by atoms with Crippen LogP contribution in [0.4, 0.5) is 11.4 Å². The maximum absolute atomic E-state index is 13.5. The number of nitrogens with one attached hydrogen (secondary N) is 3. The fourth-order valence-electron chi connectivity index (χ4n) is 4.05. The molecular weight excluding hydrogens is 598 g/mol. The average molecular weight is 628 g/mol. The van der Waals surface area contributed by atoms with Crippen LogP contribution in [0, 0.1) is 0 Å². The Bertz CT molecular complexity index is 1780. The molecule has 0 bridgehead atoms. The van der Waals surface area contributed by atoms with E-state index >= 15 is 0 Å². The number of methoxy groups -OCH3 is 1. The fourth-order valence-corrected chi connectivity index (χ4v) is 4.98. The second-order valence-corrected chi connectivity index (χ2v) is 11.0. The highest BCUT2D eigenvalue weighted by Crippen LogP contribution is 2.29. The van der Waals surface area contributed by atoms with E-state index in [1.807, 2.05) is 0 Å². The van der Waals surface area contributed by atoms with Crippen molar-refractivity contribution >= 4 is 52.9 Å². The Morgan fingerprint density at radius 1 is 0.844 bits per heavy atom. The Hall–Kier alpha value is -5.75. The van der Waals surface area contributed by atoms with Gasteiger partial charge in [0, 0.05) is 33.5 Å². The largest absolute Gasteiger partial charge is 0.508 e. The van der Waals surface area contributed by atoms with E-state index in [1.54, 1.807) is 67.6 Å². The van der Waals surface area contributed by atoms with Gasteiger partial charge in [-0.05, 0) is 73.7 Å². The number of hydrogen-bond donors (Lipinski definition) is 6. The summed E-state index contributed by atoms with van der Waals surface area (Å²) < 4.78 is 5.32. The lowest BCUT2D eigenvalue weighted by molar-refractivity contribution is -0.115. The zero-order valence-corrected chi connectivity index (χ0v) is 24.9. The molecule has 0 saturated heterocycles. The number of anilines is 2. The summed E-state index contributed by atoms with van der Waals surface area (Å²) in [7, 11) is 1.41. The molecule has 0 aliphatic heterocycles. The molecule has 0 radical (unpaired) electrons. The summed E-state index contributed by atoms with van der Waals surface area (Å²) in [5.41, 5.74) is 0.945. The van der Waals surface area contributed by atoms with Gasteiger partial charge in [-0.25, -0.2) is 4.79 Å². The van der Waals surface area contributed by atoms with E-state index in [0.717, 1.165) is 0 Å². The van der Waals surface area contributed by atoms with Crippen LogP contribution in [-0.4, -0.2) is 51.4 Å². The van der Waals surface area contributed by atoms with Gasteiger partial charge in [0.25, 0.3) is 11.8 Å². The number of carbonyl (C=O) groups excluding carboxylic acids is 3. The van der Waals surface area contributed by atoms with E-state index in [4.69, 9.17) is 4.74 Å². The van der Waals surface area contributed by atoms with Crippen LogP contribution in [0.25, 0.3) is 6.08 Å². The topological polar surface area (TPSA) is 174 Å². The molecular formula is C33H29N3O8S. The molecule has 0 aliphatic carbocycles. The number of aromatic hydroxyl groups is 2. The zero-order chi connectivity index (χ0) is 32.5. The molecule has 0 fully saturated rings. The van der Waals surface area contributed by atoms with Gasteiger partial charge in [-0.3, -0.25) is 14.4 Å². The number of phenols is 2. The molecule has 0 heterocycles. The van der Waals surface area contributed by atoms with E-state index in [-0.39, 0.29) is 28.4 Å². The monoisotopic (exact) mass is 627 g/mol. The number of phenolic OH excluding ortho intramolecular Hbond substituents is 1. The summed E-state index contributed by atoms with van der Waals surface area (Å²) in [6.45, 7) is 1.66. The van der Waals surface area contributed by atoms with Gasteiger partial charge in [0.05, 0.1) is 12.4 Å². The van der Waals surface area contributed by atoms with Crippen molar-refractivity contribution in [1.29, 1.82) is 0 Å². The van der Waals surface area contributed by atoms with Crippen molar-refractivity contribution in [3.05, 3.63) is 113 Å². The smallest absolute Gasteiger partial charge is 0.339 e. The molecule has 4 aromatic carbocycles. The molecule has 3 amide bonds. The van der Waals surface area contributed by atoms with Crippen LogP contribution in [0.15, 0.2) is 102 Å². The number of carboxylic acids is 1. The molecule has 230 valence electrons. The fraction of sp³-hybridized carbons (Fsp3) is 0.0909. The van der Waals surface area contributed by atoms with Crippen LogP contribution in [-0.2, 0) is 9.59 Å². The van der Waals surface area contributed by atoms with Gasteiger partial charge in [0.1, 0.15) is 28.5 Å². The molecule has 6 N–H and O–H groups in total. The van der Waals surface area contributed by atoms with E-state index < -0.39 is 34.7 Å². The number of thioether (sulfide) groups is 1. The number of carbonyl (C=O) groups is 4. The Morgan fingerprint density at radius 2 is 1.58 bits per heavy atom.